The Bertz CT molecular complexity index is 569. The van der Waals surface area contributed by atoms with Crippen LogP contribution in [0.5, 0.6) is 0 Å². The molecule has 2 rings (SSSR count). The van der Waals surface area contributed by atoms with Gasteiger partial charge in [0.15, 0.2) is 0 Å². The Hall–Kier alpha value is -1.77. The number of hydrogen-bond donors (Lipinski definition) is 1. The quantitative estimate of drug-likeness (QED) is 0.877. The van der Waals surface area contributed by atoms with Crippen molar-refractivity contribution in [2.45, 2.75) is 39.7 Å². The number of hydrogen-bond acceptors (Lipinski definition) is 1. The van der Waals surface area contributed by atoms with Gasteiger partial charge < -0.3 is 9.67 Å². The summed E-state index contributed by atoms with van der Waals surface area (Å²) in [6, 6.07) is 6.25. The first kappa shape index (κ1) is 12.7. The minimum atomic E-state index is -0.796. The maximum Gasteiger partial charge on any atom is 0.323 e. The van der Waals surface area contributed by atoms with Crippen molar-refractivity contribution in [3.05, 3.63) is 35.5 Å². The Morgan fingerprint density at radius 2 is 2.17 bits per heavy atom. The van der Waals surface area contributed by atoms with Crippen molar-refractivity contribution in [3.8, 4) is 0 Å². The number of carbonyl (C=O) groups is 1. The third-order valence-electron chi connectivity index (χ3n) is 3.23. The summed E-state index contributed by atoms with van der Waals surface area (Å²) in [4.78, 5) is 10.9. The number of aryl methyl sites for hydroxylation is 2. The number of carboxylic acid groups (broad SMARTS) is 1. The van der Waals surface area contributed by atoms with Crippen LogP contribution in [-0.4, -0.2) is 15.6 Å². The van der Waals surface area contributed by atoms with Gasteiger partial charge in [-0.25, -0.2) is 0 Å². The number of carboxylic acids is 1. The zero-order chi connectivity index (χ0) is 13.1. The number of benzene rings is 1. The highest BCUT2D eigenvalue weighted by atomic mass is 16.4. The summed E-state index contributed by atoms with van der Waals surface area (Å²) in [5.41, 5.74) is 3.45. The Morgan fingerprint density at radius 3 is 2.83 bits per heavy atom. The van der Waals surface area contributed by atoms with E-state index in [0.29, 0.717) is 0 Å². The summed E-state index contributed by atoms with van der Waals surface area (Å²) < 4.78 is 1.84. The van der Waals surface area contributed by atoms with Crippen molar-refractivity contribution in [2.24, 2.45) is 0 Å². The molecule has 0 unspecified atom stereocenters. The SMILES string of the molecule is CCCCc1cn(CC(=O)O)c2cc(C)ccc12. The number of fused-ring (bicyclic) bond motifs is 1. The highest BCUT2D eigenvalue weighted by Crippen LogP contribution is 2.24. The monoisotopic (exact) mass is 245 g/mol. The minimum Gasteiger partial charge on any atom is -0.480 e. The zero-order valence-corrected chi connectivity index (χ0v) is 10.9. The third kappa shape index (κ3) is 2.55. The fourth-order valence-electron chi connectivity index (χ4n) is 2.32. The molecule has 1 N–H and O–H groups in total. The van der Waals surface area contributed by atoms with E-state index in [1.165, 1.54) is 10.9 Å². The Kier molecular flexibility index (Phi) is 3.70. The standard InChI is InChI=1S/C15H19NO2/c1-3-4-5-12-9-16(10-15(17)18)14-8-11(2)6-7-13(12)14/h6-9H,3-5,10H2,1-2H3,(H,17,18). The first-order valence-electron chi connectivity index (χ1n) is 6.42. The van der Waals surface area contributed by atoms with Crippen LogP contribution in [0.4, 0.5) is 0 Å². The number of rotatable bonds is 5. The number of unbranched alkanes of at least 4 members (excludes halogenated alkanes) is 1. The molecule has 0 spiro atoms. The van der Waals surface area contributed by atoms with Crippen LogP contribution < -0.4 is 0 Å². The molecule has 0 aliphatic carbocycles. The van der Waals surface area contributed by atoms with Crippen molar-refractivity contribution in [3.63, 3.8) is 0 Å². The van der Waals surface area contributed by atoms with E-state index in [1.54, 1.807) is 0 Å². The topological polar surface area (TPSA) is 42.2 Å². The molecule has 96 valence electrons. The molecular formula is C15H19NO2. The van der Waals surface area contributed by atoms with E-state index >= 15 is 0 Å². The van der Waals surface area contributed by atoms with Crippen molar-refractivity contribution < 1.29 is 9.90 Å². The molecule has 2 aromatic rings. The molecule has 0 atom stereocenters. The highest BCUT2D eigenvalue weighted by Gasteiger charge is 2.10. The molecule has 0 fully saturated rings. The average Bonchev–Trinajstić information content (AvgIpc) is 2.64. The fraction of sp³-hybridized carbons (Fsp3) is 0.400. The molecule has 0 aliphatic rings. The number of nitrogens with zero attached hydrogens (tertiary/aromatic N) is 1. The molecule has 0 saturated heterocycles. The molecular weight excluding hydrogens is 226 g/mol. The molecule has 18 heavy (non-hydrogen) atoms. The summed E-state index contributed by atoms with van der Waals surface area (Å²) in [5, 5.41) is 10.2. The first-order chi connectivity index (χ1) is 8.61. The van der Waals surface area contributed by atoms with Crippen LogP contribution in [0.1, 0.15) is 30.9 Å². The minimum absolute atomic E-state index is 0.0338. The molecule has 0 saturated carbocycles. The molecule has 1 aromatic heterocycles. The van der Waals surface area contributed by atoms with Gasteiger partial charge in [-0.15, -0.1) is 0 Å². The largest absolute Gasteiger partial charge is 0.480 e. The summed E-state index contributed by atoms with van der Waals surface area (Å²) in [6.45, 7) is 4.23. The first-order valence-corrected chi connectivity index (χ1v) is 6.42. The molecule has 0 aliphatic heterocycles. The third-order valence-corrected chi connectivity index (χ3v) is 3.23. The second kappa shape index (κ2) is 5.25. The molecule has 0 amide bonds. The van der Waals surface area contributed by atoms with E-state index in [2.05, 4.69) is 25.1 Å². The second-order valence-electron chi connectivity index (χ2n) is 4.80. The van der Waals surface area contributed by atoms with Gasteiger partial charge in [-0.3, -0.25) is 4.79 Å². The molecule has 1 aromatic carbocycles. The van der Waals surface area contributed by atoms with Gasteiger partial charge in [-0.2, -0.15) is 0 Å². The predicted molar refractivity (Wildman–Crippen MR) is 72.9 cm³/mol. The van der Waals surface area contributed by atoms with Crippen LogP contribution in [0, 0.1) is 6.92 Å². The van der Waals surface area contributed by atoms with Gasteiger partial charge in [-0.05, 0) is 37.0 Å². The fourth-order valence-corrected chi connectivity index (χ4v) is 2.32. The van der Waals surface area contributed by atoms with E-state index in [1.807, 2.05) is 17.7 Å². The number of aliphatic carboxylic acids is 1. The number of aromatic nitrogens is 1. The average molecular weight is 245 g/mol. The second-order valence-corrected chi connectivity index (χ2v) is 4.80. The zero-order valence-electron chi connectivity index (χ0n) is 10.9. The van der Waals surface area contributed by atoms with Crippen LogP contribution >= 0.6 is 0 Å². The van der Waals surface area contributed by atoms with Crippen LogP contribution in [0.2, 0.25) is 0 Å². The van der Waals surface area contributed by atoms with Gasteiger partial charge in [0, 0.05) is 17.1 Å². The molecule has 0 bridgehead atoms. The Balaban J connectivity index is 2.48. The van der Waals surface area contributed by atoms with Crippen molar-refractivity contribution in [1.82, 2.24) is 4.57 Å². The lowest BCUT2D eigenvalue weighted by Gasteiger charge is -2.01. The van der Waals surface area contributed by atoms with Crippen molar-refractivity contribution in [1.29, 1.82) is 0 Å². The van der Waals surface area contributed by atoms with E-state index in [-0.39, 0.29) is 6.54 Å². The summed E-state index contributed by atoms with van der Waals surface area (Å²) in [5.74, 6) is -0.796. The molecule has 1 heterocycles. The van der Waals surface area contributed by atoms with Gasteiger partial charge in [-0.1, -0.05) is 25.5 Å². The molecule has 3 nitrogen and oxygen atoms in total. The van der Waals surface area contributed by atoms with E-state index in [4.69, 9.17) is 5.11 Å². The lowest BCUT2D eigenvalue weighted by atomic mass is 10.1. The Morgan fingerprint density at radius 1 is 1.39 bits per heavy atom. The normalized spacial score (nSPS) is 11.0. The van der Waals surface area contributed by atoms with Crippen LogP contribution in [0.25, 0.3) is 10.9 Å². The maximum atomic E-state index is 10.9. The summed E-state index contributed by atoms with van der Waals surface area (Å²) in [6.07, 6.45) is 5.30. The van der Waals surface area contributed by atoms with Gasteiger partial charge >= 0.3 is 5.97 Å². The van der Waals surface area contributed by atoms with E-state index < -0.39 is 5.97 Å². The van der Waals surface area contributed by atoms with Crippen molar-refractivity contribution >= 4 is 16.9 Å². The van der Waals surface area contributed by atoms with Crippen LogP contribution in [-0.2, 0) is 17.8 Å². The lowest BCUT2D eigenvalue weighted by molar-refractivity contribution is -0.137. The van der Waals surface area contributed by atoms with Gasteiger partial charge in [0.2, 0.25) is 0 Å². The lowest BCUT2D eigenvalue weighted by Crippen LogP contribution is -2.07. The smallest absolute Gasteiger partial charge is 0.323 e. The van der Waals surface area contributed by atoms with E-state index in [0.717, 1.165) is 30.3 Å². The van der Waals surface area contributed by atoms with E-state index in [9.17, 15) is 4.79 Å². The maximum absolute atomic E-state index is 10.9. The predicted octanol–water partition coefficient (Wildman–Crippen LogP) is 3.38. The summed E-state index contributed by atoms with van der Waals surface area (Å²) in [7, 11) is 0. The van der Waals surface area contributed by atoms with Gasteiger partial charge in [0.1, 0.15) is 6.54 Å². The summed E-state index contributed by atoms with van der Waals surface area (Å²) >= 11 is 0. The van der Waals surface area contributed by atoms with Crippen LogP contribution in [0.15, 0.2) is 24.4 Å². The highest BCUT2D eigenvalue weighted by molar-refractivity contribution is 5.85. The Labute approximate surface area is 107 Å². The van der Waals surface area contributed by atoms with Crippen LogP contribution in [0.3, 0.4) is 0 Å². The van der Waals surface area contributed by atoms with Crippen molar-refractivity contribution in [2.75, 3.05) is 0 Å². The molecule has 3 heteroatoms. The van der Waals surface area contributed by atoms with Gasteiger partial charge in [0.05, 0.1) is 0 Å². The molecule has 0 radical (unpaired) electrons. The van der Waals surface area contributed by atoms with Gasteiger partial charge in [0.25, 0.3) is 0 Å².